The van der Waals surface area contributed by atoms with Gasteiger partial charge in [0, 0.05) is 18.7 Å². The number of benzene rings is 2. The number of ether oxygens (including phenoxy) is 4. The van der Waals surface area contributed by atoms with Gasteiger partial charge in [0.1, 0.15) is 23.9 Å². The van der Waals surface area contributed by atoms with Gasteiger partial charge in [-0.15, -0.1) is 0 Å². The molecule has 1 aliphatic heterocycles. The number of rotatable bonds is 9. The lowest BCUT2D eigenvalue weighted by atomic mass is 9.94. The lowest BCUT2D eigenvalue weighted by Crippen LogP contribution is -2.48. The molecule has 180 valence electrons. The molecule has 0 saturated heterocycles. The Morgan fingerprint density at radius 3 is 2.15 bits per heavy atom. The summed E-state index contributed by atoms with van der Waals surface area (Å²) in [6, 6.07) is 10.5. The molecule has 1 atom stereocenters. The number of methoxy groups -OCH3 is 2. The number of Topliss-reactive ketones (excluding diaryl/α,β-unsaturated/α-hetero) is 1. The molecule has 9 heteroatoms. The van der Waals surface area contributed by atoms with Gasteiger partial charge in [-0.2, -0.15) is 0 Å². The van der Waals surface area contributed by atoms with Crippen molar-refractivity contribution in [2.45, 2.75) is 19.9 Å². The van der Waals surface area contributed by atoms with E-state index in [0.717, 1.165) is 0 Å². The zero-order valence-electron chi connectivity index (χ0n) is 19.8. The fourth-order valence-electron chi connectivity index (χ4n) is 3.57. The second kappa shape index (κ2) is 10.7. The number of amides is 2. The van der Waals surface area contributed by atoms with Gasteiger partial charge in [-0.1, -0.05) is 0 Å². The maximum atomic E-state index is 13.1. The summed E-state index contributed by atoms with van der Waals surface area (Å²) in [5.41, 5.74) is 1.73. The van der Waals surface area contributed by atoms with Gasteiger partial charge in [-0.25, -0.2) is 9.59 Å². The Morgan fingerprint density at radius 2 is 1.62 bits per heavy atom. The van der Waals surface area contributed by atoms with Gasteiger partial charge in [-0.3, -0.25) is 9.69 Å². The molecule has 0 radical (unpaired) electrons. The monoisotopic (exact) mass is 468 g/mol. The van der Waals surface area contributed by atoms with Crippen LogP contribution in [0.5, 0.6) is 17.2 Å². The third-order valence-electron chi connectivity index (χ3n) is 5.42. The van der Waals surface area contributed by atoms with Crippen molar-refractivity contribution < 1.29 is 33.3 Å². The van der Waals surface area contributed by atoms with E-state index in [1.807, 2.05) is 0 Å². The van der Waals surface area contributed by atoms with E-state index in [9.17, 15) is 14.4 Å². The van der Waals surface area contributed by atoms with Crippen LogP contribution in [0.2, 0.25) is 0 Å². The minimum absolute atomic E-state index is 0.0564. The molecule has 9 nitrogen and oxygen atoms in total. The first-order chi connectivity index (χ1) is 16.3. The van der Waals surface area contributed by atoms with Gasteiger partial charge in [0.2, 0.25) is 0 Å². The molecule has 2 amide bonds. The zero-order valence-corrected chi connectivity index (χ0v) is 19.8. The van der Waals surface area contributed by atoms with Crippen LogP contribution in [-0.4, -0.2) is 57.2 Å². The summed E-state index contributed by atoms with van der Waals surface area (Å²) in [4.78, 5) is 38.7. The van der Waals surface area contributed by atoms with E-state index in [4.69, 9.17) is 18.9 Å². The number of likely N-dealkylation sites (N-methyl/N-ethyl adjacent to an activating group) is 1. The molecule has 0 fully saturated rings. The average molecular weight is 469 g/mol. The Labute approximate surface area is 198 Å². The summed E-state index contributed by atoms with van der Waals surface area (Å²) in [7, 11) is 4.59. The molecule has 2 aromatic rings. The molecule has 0 aliphatic carbocycles. The lowest BCUT2D eigenvalue weighted by Gasteiger charge is -2.34. The van der Waals surface area contributed by atoms with Gasteiger partial charge in [0.05, 0.1) is 38.1 Å². The van der Waals surface area contributed by atoms with Crippen molar-refractivity contribution in [1.29, 1.82) is 0 Å². The predicted octanol–water partition coefficient (Wildman–Crippen LogP) is 3.50. The van der Waals surface area contributed by atoms with E-state index in [2.05, 4.69) is 5.32 Å². The Bertz CT molecular complexity index is 1090. The van der Waals surface area contributed by atoms with Crippen LogP contribution in [0.1, 0.15) is 35.8 Å². The van der Waals surface area contributed by atoms with Crippen molar-refractivity contribution in [2.24, 2.45) is 0 Å². The fourth-order valence-corrected chi connectivity index (χ4v) is 3.57. The van der Waals surface area contributed by atoms with Crippen LogP contribution in [0.15, 0.2) is 53.7 Å². The second-order valence-electron chi connectivity index (χ2n) is 7.54. The normalized spacial score (nSPS) is 15.5. The number of ketones is 1. The molecule has 0 saturated carbocycles. The van der Waals surface area contributed by atoms with E-state index in [-0.39, 0.29) is 24.6 Å². The molecule has 2 aromatic carbocycles. The topological polar surface area (TPSA) is 103 Å². The second-order valence-corrected chi connectivity index (χ2v) is 7.54. The molecular formula is C25H28N2O7. The number of nitrogens with zero attached hydrogens (tertiary/aromatic N) is 1. The molecule has 1 aliphatic rings. The summed E-state index contributed by atoms with van der Waals surface area (Å²) in [5.74, 6) is 0.869. The molecule has 0 spiro atoms. The Morgan fingerprint density at radius 1 is 1.00 bits per heavy atom. The minimum atomic E-state index is -0.814. The van der Waals surface area contributed by atoms with E-state index >= 15 is 0 Å². The predicted molar refractivity (Wildman–Crippen MR) is 124 cm³/mol. The van der Waals surface area contributed by atoms with Gasteiger partial charge in [0.15, 0.2) is 5.78 Å². The Hall–Kier alpha value is -4.01. The smallest absolute Gasteiger partial charge is 0.338 e. The number of carbonyl (C=O) groups excluding carboxylic acids is 3. The Balaban J connectivity index is 2.04. The number of hydrogen-bond acceptors (Lipinski definition) is 7. The van der Waals surface area contributed by atoms with Crippen molar-refractivity contribution in [3.63, 3.8) is 0 Å². The number of carbonyl (C=O) groups is 3. The highest BCUT2D eigenvalue weighted by molar-refractivity contribution is 5.95. The van der Waals surface area contributed by atoms with Crippen LogP contribution in [0, 0.1) is 0 Å². The maximum Gasteiger partial charge on any atom is 0.338 e. The molecule has 0 unspecified atom stereocenters. The molecular weight excluding hydrogens is 440 g/mol. The third-order valence-corrected chi connectivity index (χ3v) is 5.42. The van der Waals surface area contributed by atoms with Crippen LogP contribution < -0.4 is 19.5 Å². The van der Waals surface area contributed by atoms with E-state index < -0.39 is 18.0 Å². The highest BCUT2D eigenvalue weighted by Crippen LogP contribution is 2.35. The fraction of sp³-hybridized carbons (Fsp3) is 0.320. The van der Waals surface area contributed by atoms with Crippen molar-refractivity contribution in [2.75, 3.05) is 34.5 Å². The van der Waals surface area contributed by atoms with Crippen molar-refractivity contribution in [1.82, 2.24) is 10.2 Å². The summed E-state index contributed by atoms with van der Waals surface area (Å²) in [6.07, 6.45) is 0. The summed E-state index contributed by atoms with van der Waals surface area (Å²) >= 11 is 0. The van der Waals surface area contributed by atoms with Crippen molar-refractivity contribution >= 4 is 17.8 Å². The quantitative estimate of drug-likeness (QED) is 0.444. The van der Waals surface area contributed by atoms with Gasteiger partial charge in [-0.05, 0) is 55.8 Å². The first-order valence-electron chi connectivity index (χ1n) is 10.7. The van der Waals surface area contributed by atoms with Gasteiger partial charge >= 0.3 is 12.0 Å². The first-order valence-corrected chi connectivity index (χ1v) is 10.7. The van der Waals surface area contributed by atoms with Gasteiger partial charge < -0.3 is 24.3 Å². The first kappa shape index (κ1) is 24.6. The molecule has 34 heavy (non-hydrogen) atoms. The van der Waals surface area contributed by atoms with E-state index in [1.54, 1.807) is 56.4 Å². The van der Waals surface area contributed by atoms with Crippen LogP contribution in [0.4, 0.5) is 4.79 Å². The SMILES string of the molecule is CCOC(=O)C1=C(COc2ccc(C(C)=O)cc2)N(C)C(=O)N[C@H]1c1cc(OC)cc(OC)c1. The highest BCUT2D eigenvalue weighted by Gasteiger charge is 2.37. The van der Waals surface area contributed by atoms with Crippen LogP contribution in [-0.2, 0) is 9.53 Å². The highest BCUT2D eigenvalue weighted by atomic mass is 16.5. The molecule has 0 bridgehead atoms. The van der Waals surface area contributed by atoms with Crippen LogP contribution >= 0.6 is 0 Å². The van der Waals surface area contributed by atoms with E-state index in [0.29, 0.717) is 34.1 Å². The number of esters is 1. The summed E-state index contributed by atoms with van der Waals surface area (Å²) in [6.45, 7) is 3.28. The molecule has 1 N–H and O–H groups in total. The minimum Gasteiger partial charge on any atom is -0.497 e. The summed E-state index contributed by atoms with van der Waals surface area (Å²) in [5, 5.41) is 2.85. The van der Waals surface area contributed by atoms with E-state index in [1.165, 1.54) is 26.0 Å². The van der Waals surface area contributed by atoms with Crippen molar-refractivity contribution in [3.05, 3.63) is 64.9 Å². The molecule has 3 rings (SSSR count). The average Bonchev–Trinajstić information content (AvgIpc) is 2.84. The maximum absolute atomic E-state index is 13.1. The lowest BCUT2D eigenvalue weighted by molar-refractivity contribution is -0.139. The summed E-state index contributed by atoms with van der Waals surface area (Å²) < 4.78 is 21.9. The Kier molecular flexibility index (Phi) is 7.78. The molecule has 0 aromatic heterocycles. The largest absolute Gasteiger partial charge is 0.497 e. The number of urea groups is 1. The third kappa shape index (κ3) is 5.31. The number of nitrogens with one attached hydrogen (secondary N) is 1. The number of hydrogen-bond donors (Lipinski definition) is 1. The molecule has 1 heterocycles. The van der Waals surface area contributed by atoms with Crippen molar-refractivity contribution in [3.8, 4) is 17.2 Å². The van der Waals surface area contributed by atoms with Crippen LogP contribution in [0.25, 0.3) is 0 Å². The van der Waals surface area contributed by atoms with Gasteiger partial charge in [0.25, 0.3) is 0 Å². The van der Waals surface area contributed by atoms with Crippen LogP contribution in [0.3, 0.4) is 0 Å². The zero-order chi connectivity index (χ0) is 24.8. The standard InChI is InChI=1S/C25H28N2O7/c1-6-33-24(29)22-21(14-34-18-9-7-16(8-10-18)15(2)28)27(3)25(30)26-23(22)17-11-19(31-4)13-20(12-17)32-5/h7-13,23H,6,14H2,1-5H3,(H,26,30)/t23-/m0/s1.